The number of hydrogen-bond donors (Lipinski definition) is 0. The maximum Gasteiger partial charge on any atom is 0.306 e. The molecule has 0 radical (unpaired) electrons. The Hall–Kier alpha value is -4.22. The lowest BCUT2D eigenvalue weighted by molar-refractivity contribution is -0.163. The van der Waals surface area contributed by atoms with Gasteiger partial charge in [-0.25, -0.2) is 0 Å². The van der Waals surface area contributed by atoms with Gasteiger partial charge in [-0.3, -0.25) is 9.59 Å². The number of esters is 2. The van der Waals surface area contributed by atoms with E-state index in [0.717, 1.165) is 154 Å². The Morgan fingerprint density at radius 1 is 0.324 bits per heavy atom. The molecule has 382 valence electrons. The third-order valence-electron chi connectivity index (χ3n) is 10.9. The first-order valence-corrected chi connectivity index (χ1v) is 27.4. The molecule has 0 aromatic rings. The summed E-state index contributed by atoms with van der Waals surface area (Å²) >= 11 is 0. The molecular formula is C63H100O5. The zero-order chi connectivity index (χ0) is 49.2. The molecular weight excluding hydrogens is 837 g/mol. The minimum atomic E-state index is -0.586. The minimum Gasteiger partial charge on any atom is -0.462 e. The molecule has 0 aromatic carbocycles. The molecule has 0 aliphatic carbocycles. The van der Waals surface area contributed by atoms with Crippen molar-refractivity contribution in [3.63, 3.8) is 0 Å². The van der Waals surface area contributed by atoms with E-state index in [1.54, 1.807) is 0 Å². The molecule has 0 aliphatic heterocycles. The average molecular weight is 937 g/mol. The van der Waals surface area contributed by atoms with Gasteiger partial charge in [0.1, 0.15) is 6.61 Å². The van der Waals surface area contributed by atoms with Crippen molar-refractivity contribution in [2.24, 2.45) is 0 Å². The van der Waals surface area contributed by atoms with Gasteiger partial charge in [-0.15, -0.1) is 0 Å². The SMILES string of the molecule is CC/C=C\C/C=C\C/C=C\C/C=C\C/C=C\CCCCOCC(COC(=O)CCCCCCCC/C=C\C/C=C\C/C=C\C/C=C\CC)OC(=O)CCCCCCC/C=C\C/C=C\C/C=C\CC. The molecule has 0 spiro atoms. The van der Waals surface area contributed by atoms with Crippen LogP contribution in [0.15, 0.2) is 146 Å². The lowest BCUT2D eigenvalue weighted by Gasteiger charge is -2.18. The van der Waals surface area contributed by atoms with Gasteiger partial charge in [-0.05, 0) is 135 Å². The highest BCUT2D eigenvalue weighted by Crippen LogP contribution is 2.12. The van der Waals surface area contributed by atoms with E-state index in [4.69, 9.17) is 14.2 Å². The second-order valence-electron chi connectivity index (χ2n) is 17.3. The van der Waals surface area contributed by atoms with Crippen LogP contribution < -0.4 is 0 Å². The van der Waals surface area contributed by atoms with Gasteiger partial charge in [-0.2, -0.15) is 0 Å². The Labute approximate surface area is 419 Å². The number of ether oxygens (including phenoxy) is 3. The molecule has 5 heteroatoms. The van der Waals surface area contributed by atoms with Crippen molar-refractivity contribution in [3.05, 3.63) is 146 Å². The number of carbonyl (C=O) groups is 2. The van der Waals surface area contributed by atoms with Gasteiger partial charge in [0.05, 0.1) is 6.61 Å². The van der Waals surface area contributed by atoms with Crippen LogP contribution >= 0.6 is 0 Å². The summed E-state index contributed by atoms with van der Waals surface area (Å²) in [5, 5.41) is 0. The molecule has 0 fully saturated rings. The molecule has 0 aromatic heterocycles. The number of hydrogen-bond acceptors (Lipinski definition) is 5. The Kier molecular flexibility index (Phi) is 53.6. The highest BCUT2D eigenvalue weighted by Gasteiger charge is 2.17. The van der Waals surface area contributed by atoms with Gasteiger partial charge in [0.2, 0.25) is 0 Å². The normalized spacial score (nSPS) is 13.4. The van der Waals surface area contributed by atoms with Crippen molar-refractivity contribution >= 4 is 11.9 Å². The summed E-state index contributed by atoms with van der Waals surface area (Å²) in [6.07, 6.45) is 82.9. The van der Waals surface area contributed by atoms with E-state index in [9.17, 15) is 9.59 Å². The van der Waals surface area contributed by atoms with E-state index in [0.29, 0.717) is 19.4 Å². The lowest BCUT2D eigenvalue weighted by Crippen LogP contribution is -2.30. The maximum atomic E-state index is 12.8. The Bertz CT molecular complexity index is 1480. The molecule has 1 unspecified atom stereocenters. The molecule has 1 atom stereocenters. The molecule has 0 amide bonds. The largest absolute Gasteiger partial charge is 0.462 e. The molecule has 0 aliphatic rings. The minimum absolute atomic E-state index is 0.0428. The Morgan fingerprint density at radius 3 is 0.985 bits per heavy atom. The summed E-state index contributed by atoms with van der Waals surface area (Å²) in [7, 11) is 0. The molecule has 0 N–H and O–H groups in total. The van der Waals surface area contributed by atoms with Gasteiger partial charge < -0.3 is 14.2 Å². The predicted octanol–water partition coefficient (Wildman–Crippen LogP) is 18.9. The first kappa shape index (κ1) is 63.8. The van der Waals surface area contributed by atoms with E-state index in [-0.39, 0.29) is 25.2 Å². The smallest absolute Gasteiger partial charge is 0.306 e. The fourth-order valence-corrected chi connectivity index (χ4v) is 6.89. The van der Waals surface area contributed by atoms with Crippen LogP contribution in [0.25, 0.3) is 0 Å². The van der Waals surface area contributed by atoms with Crippen molar-refractivity contribution in [2.45, 2.75) is 219 Å². The van der Waals surface area contributed by atoms with Gasteiger partial charge in [0.25, 0.3) is 0 Å². The summed E-state index contributed by atoms with van der Waals surface area (Å²) in [5.41, 5.74) is 0. The van der Waals surface area contributed by atoms with Crippen LogP contribution in [0, 0.1) is 0 Å². The van der Waals surface area contributed by atoms with Gasteiger partial charge in [0.15, 0.2) is 6.10 Å². The average Bonchev–Trinajstić information content (AvgIpc) is 3.34. The number of unbranched alkanes of at least 4 members (excludes halogenated alkanes) is 13. The van der Waals surface area contributed by atoms with Gasteiger partial charge >= 0.3 is 11.9 Å². The summed E-state index contributed by atoms with van der Waals surface area (Å²) in [6.45, 7) is 7.34. The first-order chi connectivity index (χ1) is 33.6. The Balaban J connectivity index is 4.44. The monoisotopic (exact) mass is 937 g/mol. The fraction of sp³-hybridized carbons (Fsp3) is 0.587. The molecule has 0 bridgehead atoms. The summed E-state index contributed by atoms with van der Waals surface area (Å²) < 4.78 is 17.4. The number of rotatable bonds is 48. The van der Waals surface area contributed by atoms with Crippen molar-refractivity contribution in [1.29, 1.82) is 0 Å². The van der Waals surface area contributed by atoms with Crippen molar-refractivity contribution in [1.82, 2.24) is 0 Å². The molecule has 0 heterocycles. The summed E-state index contributed by atoms with van der Waals surface area (Å²) in [4.78, 5) is 25.5. The topological polar surface area (TPSA) is 61.8 Å². The molecule has 0 rings (SSSR count). The van der Waals surface area contributed by atoms with E-state index in [1.165, 1.54) is 25.7 Å². The third kappa shape index (κ3) is 54.4. The standard InChI is InChI=1S/C63H100O5/c1-4-7-10-13-16-19-22-25-28-30-32-33-36-38-41-44-47-50-53-56-62(64)67-60-61(68-63(65)57-54-51-48-45-42-39-35-27-24-21-18-15-12-9-6-3)59-66-58-55-52-49-46-43-40-37-34-31-29-26-23-20-17-14-11-8-5-2/h7-12,16-21,25-29,32-35,37,43,46,61H,4-6,13-15,22-24,30-31,36,38-42,44-45,47-60H2,1-3H3/b10-7-,11-8-,12-9-,19-16-,20-17-,21-18-,28-25-,29-26-,33-32-,35-27-,37-34-,46-43-. The molecule has 0 saturated heterocycles. The first-order valence-electron chi connectivity index (χ1n) is 27.4. The van der Waals surface area contributed by atoms with Gasteiger partial charge in [0, 0.05) is 19.4 Å². The lowest BCUT2D eigenvalue weighted by atomic mass is 10.1. The molecule has 68 heavy (non-hydrogen) atoms. The van der Waals surface area contributed by atoms with Crippen LogP contribution in [0.3, 0.4) is 0 Å². The van der Waals surface area contributed by atoms with Crippen LogP contribution in [0.5, 0.6) is 0 Å². The van der Waals surface area contributed by atoms with Gasteiger partial charge in [-0.1, -0.05) is 212 Å². The quantitative estimate of drug-likeness (QED) is 0.0346. The maximum absolute atomic E-state index is 12.8. The second kappa shape index (κ2) is 57.1. The van der Waals surface area contributed by atoms with Crippen LogP contribution in [-0.2, 0) is 23.8 Å². The zero-order valence-electron chi connectivity index (χ0n) is 43.8. The van der Waals surface area contributed by atoms with Crippen LogP contribution in [0.2, 0.25) is 0 Å². The highest BCUT2D eigenvalue weighted by molar-refractivity contribution is 5.70. The van der Waals surface area contributed by atoms with Crippen LogP contribution in [-0.4, -0.2) is 37.9 Å². The fourth-order valence-electron chi connectivity index (χ4n) is 6.89. The number of allylic oxidation sites excluding steroid dienone is 24. The highest BCUT2D eigenvalue weighted by atomic mass is 16.6. The van der Waals surface area contributed by atoms with E-state index in [1.807, 2.05) is 0 Å². The van der Waals surface area contributed by atoms with E-state index < -0.39 is 6.10 Å². The summed E-state index contributed by atoms with van der Waals surface area (Å²) in [6, 6.07) is 0. The zero-order valence-corrected chi connectivity index (χ0v) is 43.8. The van der Waals surface area contributed by atoms with E-state index >= 15 is 0 Å². The molecule has 5 nitrogen and oxygen atoms in total. The third-order valence-corrected chi connectivity index (χ3v) is 10.9. The predicted molar refractivity (Wildman–Crippen MR) is 297 cm³/mol. The van der Waals surface area contributed by atoms with E-state index in [2.05, 4.69) is 167 Å². The van der Waals surface area contributed by atoms with Crippen molar-refractivity contribution in [3.8, 4) is 0 Å². The van der Waals surface area contributed by atoms with Crippen molar-refractivity contribution in [2.75, 3.05) is 19.8 Å². The molecule has 0 saturated carbocycles. The van der Waals surface area contributed by atoms with Crippen LogP contribution in [0.1, 0.15) is 213 Å². The van der Waals surface area contributed by atoms with Crippen LogP contribution in [0.4, 0.5) is 0 Å². The second-order valence-corrected chi connectivity index (χ2v) is 17.3. The van der Waals surface area contributed by atoms with Crippen molar-refractivity contribution < 1.29 is 23.8 Å². The Morgan fingerprint density at radius 2 is 0.618 bits per heavy atom. The summed E-state index contributed by atoms with van der Waals surface area (Å²) in [5.74, 6) is -0.468. The number of carbonyl (C=O) groups excluding carboxylic acids is 2.